The van der Waals surface area contributed by atoms with Crippen molar-refractivity contribution in [2.24, 2.45) is 0 Å². The second-order valence-corrected chi connectivity index (χ2v) is 8.50. The van der Waals surface area contributed by atoms with Crippen molar-refractivity contribution in [1.29, 1.82) is 0 Å². The van der Waals surface area contributed by atoms with E-state index in [1.165, 1.54) is 11.3 Å². The van der Waals surface area contributed by atoms with Crippen LogP contribution < -0.4 is 5.73 Å². The molecule has 0 atom stereocenters. The van der Waals surface area contributed by atoms with Gasteiger partial charge in [0.25, 0.3) is 0 Å². The highest BCUT2D eigenvalue weighted by Crippen LogP contribution is 2.35. The lowest BCUT2D eigenvalue weighted by Gasteiger charge is -2.03. The number of pyridine rings is 1. The SMILES string of the molecule is Nc1c(C(=O)Cc2ccc(Cl)c(Cl)c2)sc2nc(-c3ccc(Cl)cc3)ccc12. The van der Waals surface area contributed by atoms with Crippen LogP contribution in [0.4, 0.5) is 5.69 Å². The number of hydrogen-bond acceptors (Lipinski definition) is 4. The number of nitrogen functional groups attached to an aromatic ring is 1. The van der Waals surface area contributed by atoms with Gasteiger partial charge in [0, 0.05) is 22.4 Å². The number of nitrogens with zero attached hydrogens (tertiary/aromatic N) is 1. The van der Waals surface area contributed by atoms with Crippen molar-refractivity contribution in [2.45, 2.75) is 6.42 Å². The molecule has 0 aliphatic carbocycles. The van der Waals surface area contributed by atoms with Gasteiger partial charge in [-0.2, -0.15) is 0 Å². The molecule has 0 aliphatic rings. The summed E-state index contributed by atoms with van der Waals surface area (Å²) in [6.45, 7) is 0. The Morgan fingerprint density at radius 2 is 1.71 bits per heavy atom. The van der Waals surface area contributed by atoms with E-state index in [9.17, 15) is 4.79 Å². The molecule has 0 spiro atoms. The number of carbonyl (C=O) groups excluding carboxylic acids is 1. The normalized spacial score (nSPS) is 11.1. The number of benzene rings is 2. The second-order valence-electron chi connectivity index (χ2n) is 6.25. The number of thiophene rings is 1. The van der Waals surface area contributed by atoms with Gasteiger partial charge in [0.05, 0.1) is 26.3 Å². The van der Waals surface area contributed by atoms with Crippen molar-refractivity contribution in [3.63, 3.8) is 0 Å². The molecule has 7 heteroatoms. The third kappa shape index (κ3) is 3.74. The lowest BCUT2D eigenvalue weighted by Crippen LogP contribution is -2.04. The van der Waals surface area contributed by atoms with Gasteiger partial charge in [-0.25, -0.2) is 4.98 Å². The molecule has 2 heterocycles. The quantitative estimate of drug-likeness (QED) is 0.345. The molecular weight excluding hydrogens is 435 g/mol. The van der Waals surface area contributed by atoms with E-state index in [1.807, 2.05) is 36.4 Å². The van der Waals surface area contributed by atoms with Crippen LogP contribution in [0.15, 0.2) is 54.6 Å². The number of nitrogens with two attached hydrogens (primary N) is 1. The van der Waals surface area contributed by atoms with Gasteiger partial charge in [-0.15, -0.1) is 11.3 Å². The summed E-state index contributed by atoms with van der Waals surface area (Å²) in [7, 11) is 0. The van der Waals surface area contributed by atoms with Gasteiger partial charge in [0.15, 0.2) is 5.78 Å². The number of aromatic nitrogens is 1. The Morgan fingerprint density at radius 1 is 0.964 bits per heavy atom. The van der Waals surface area contributed by atoms with E-state index < -0.39 is 0 Å². The molecule has 0 saturated heterocycles. The molecule has 2 aromatic carbocycles. The van der Waals surface area contributed by atoms with E-state index in [0.29, 0.717) is 25.6 Å². The Labute approximate surface area is 180 Å². The lowest BCUT2D eigenvalue weighted by molar-refractivity contribution is 0.0997. The summed E-state index contributed by atoms with van der Waals surface area (Å²) in [4.78, 5) is 18.7. The minimum absolute atomic E-state index is 0.0769. The first-order valence-electron chi connectivity index (χ1n) is 8.34. The third-order valence-corrected chi connectivity index (χ3v) is 6.48. The van der Waals surface area contributed by atoms with Crippen LogP contribution in [0, 0.1) is 0 Å². The largest absolute Gasteiger partial charge is 0.397 e. The molecule has 2 N–H and O–H groups in total. The van der Waals surface area contributed by atoms with Gasteiger partial charge in [-0.1, -0.05) is 53.0 Å². The molecule has 28 heavy (non-hydrogen) atoms. The number of rotatable bonds is 4. The Kier molecular flexibility index (Phi) is 5.30. The molecule has 4 aromatic rings. The van der Waals surface area contributed by atoms with Crippen molar-refractivity contribution >= 4 is 67.8 Å². The summed E-state index contributed by atoms with van der Waals surface area (Å²) in [6.07, 6.45) is 0.192. The molecular formula is C21H13Cl3N2OS. The smallest absolute Gasteiger partial charge is 0.179 e. The average Bonchev–Trinajstić information content (AvgIpc) is 3.01. The zero-order chi connectivity index (χ0) is 19.8. The highest BCUT2D eigenvalue weighted by Gasteiger charge is 2.18. The summed E-state index contributed by atoms with van der Waals surface area (Å²) in [5.74, 6) is -0.0769. The third-order valence-electron chi connectivity index (χ3n) is 4.34. The maximum atomic E-state index is 12.8. The Hall–Kier alpha value is -2.11. The summed E-state index contributed by atoms with van der Waals surface area (Å²) in [6, 6.07) is 16.4. The molecule has 0 saturated carbocycles. The van der Waals surface area contributed by atoms with Crippen LogP contribution in [0.3, 0.4) is 0 Å². The van der Waals surface area contributed by atoms with Gasteiger partial charge in [0.1, 0.15) is 4.83 Å². The van der Waals surface area contributed by atoms with E-state index in [2.05, 4.69) is 4.98 Å². The van der Waals surface area contributed by atoms with Crippen molar-refractivity contribution in [3.8, 4) is 11.3 Å². The standard InChI is InChI=1S/C21H13Cl3N2OS/c22-13-4-2-12(3-5-13)17-8-6-14-19(25)20(28-21(14)26-17)18(27)10-11-1-7-15(23)16(24)9-11/h1-9H,10,25H2. The highest BCUT2D eigenvalue weighted by atomic mass is 35.5. The fourth-order valence-electron chi connectivity index (χ4n) is 2.90. The van der Waals surface area contributed by atoms with Crippen LogP contribution in [-0.4, -0.2) is 10.8 Å². The Balaban J connectivity index is 1.67. The first-order valence-corrected chi connectivity index (χ1v) is 10.3. The van der Waals surface area contributed by atoms with Gasteiger partial charge in [-0.05, 0) is 42.0 Å². The molecule has 0 unspecified atom stereocenters. The van der Waals surface area contributed by atoms with Crippen LogP contribution in [0.5, 0.6) is 0 Å². The Morgan fingerprint density at radius 3 is 2.43 bits per heavy atom. The van der Waals surface area contributed by atoms with E-state index >= 15 is 0 Å². The van der Waals surface area contributed by atoms with Crippen LogP contribution >= 0.6 is 46.1 Å². The van der Waals surface area contributed by atoms with Crippen molar-refractivity contribution in [3.05, 3.63) is 80.1 Å². The summed E-state index contributed by atoms with van der Waals surface area (Å²) >= 11 is 19.2. The number of ketones is 1. The molecule has 0 aliphatic heterocycles. The minimum atomic E-state index is -0.0769. The first kappa shape index (κ1) is 19.2. The maximum Gasteiger partial charge on any atom is 0.179 e. The number of Topliss-reactive ketones (excluding diaryl/α,β-unsaturated/α-hetero) is 1. The van der Waals surface area contributed by atoms with Crippen LogP contribution in [0.25, 0.3) is 21.5 Å². The highest BCUT2D eigenvalue weighted by molar-refractivity contribution is 7.21. The average molecular weight is 448 g/mol. The maximum absolute atomic E-state index is 12.8. The fourth-order valence-corrected chi connectivity index (χ4v) is 4.38. The summed E-state index contributed by atoms with van der Waals surface area (Å²) in [5.41, 5.74) is 9.23. The number of carbonyl (C=O) groups is 1. The molecule has 4 rings (SSSR count). The van der Waals surface area contributed by atoms with Crippen molar-refractivity contribution in [2.75, 3.05) is 5.73 Å². The van der Waals surface area contributed by atoms with Gasteiger partial charge in [-0.3, -0.25) is 4.79 Å². The first-order chi connectivity index (χ1) is 13.4. The zero-order valence-corrected chi connectivity index (χ0v) is 17.5. The number of anilines is 1. The van der Waals surface area contributed by atoms with Gasteiger partial charge >= 0.3 is 0 Å². The second kappa shape index (κ2) is 7.72. The predicted octanol–water partition coefficient (Wildman–Crippen LogP) is 6.93. The summed E-state index contributed by atoms with van der Waals surface area (Å²) < 4.78 is 0. The minimum Gasteiger partial charge on any atom is -0.397 e. The van der Waals surface area contributed by atoms with E-state index in [-0.39, 0.29) is 12.2 Å². The van der Waals surface area contributed by atoms with Gasteiger partial charge < -0.3 is 5.73 Å². The van der Waals surface area contributed by atoms with Crippen LogP contribution in [0.2, 0.25) is 15.1 Å². The van der Waals surface area contributed by atoms with Gasteiger partial charge in [0.2, 0.25) is 0 Å². The molecule has 0 radical (unpaired) electrons. The Bertz CT molecular complexity index is 1200. The number of fused-ring (bicyclic) bond motifs is 1. The number of halogens is 3. The number of hydrogen-bond donors (Lipinski definition) is 1. The molecule has 0 amide bonds. The van der Waals surface area contributed by atoms with Crippen LogP contribution in [0.1, 0.15) is 15.2 Å². The van der Waals surface area contributed by atoms with E-state index in [4.69, 9.17) is 40.5 Å². The molecule has 2 aromatic heterocycles. The van der Waals surface area contributed by atoms with Crippen molar-refractivity contribution in [1.82, 2.24) is 4.98 Å². The molecule has 0 fully saturated rings. The van der Waals surface area contributed by atoms with E-state index in [1.54, 1.807) is 18.2 Å². The zero-order valence-electron chi connectivity index (χ0n) is 14.4. The topological polar surface area (TPSA) is 56.0 Å². The molecule has 0 bridgehead atoms. The lowest BCUT2D eigenvalue weighted by atomic mass is 10.1. The van der Waals surface area contributed by atoms with Crippen molar-refractivity contribution < 1.29 is 4.79 Å². The fraction of sp³-hybridized carbons (Fsp3) is 0.0476. The summed E-state index contributed by atoms with van der Waals surface area (Å²) in [5, 5.41) is 2.32. The predicted molar refractivity (Wildman–Crippen MR) is 119 cm³/mol. The van der Waals surface area contributed by atoms with Crippen LogP contribution in [-0.2, 0) is 6.42 Å². The molecule has 3 nitrogen and oxygen atoms in total. The monoisotopic (exact) mass is 446 g/mol. The molecule has 140 valence electrons. The van der Waals surface area contributed by atoms with E-state index in [0.717, 1.165) is 27.0 Å².